The predicted octanol–water partition coefficient (Wildman–Crippen LogP) is 4.02. The Kier molecular flexibility index (Phi) is 2.01. The van der Waals surface area contributed by atoms with Gasteiger partial charge in [0, 0.05) is 11.1 Å². The highest BCUT2D eigenvalue weighted by Gasteiger charge is 2.60. The molecule has 0 unspecified atom stereocenters. The molecule has 0 radical (unpaired) electrons. The fourth-order valence-electron chi connectivity index (χ4n) is 3.54. The Morgan fingerprint density at radius 2 is 1.06 bits per heavy atom. The van der Waals surface area contributed by atoms with E-state index < -0.39 is 11.2 Å². The monoisotopic (exact) mass is 244 g/mol. The average Bonchev–Trinajstić information content (AvgIpc) is 2.75. The molecule has 0 saturated carbocycles. The summed E-state index contributed by atoms with van der Waals surface area (Å²) in [6, 6.07) is 0. The Hall–Kier alpha value is -1.44. The Labute approximate surface area is 109 Å². The van der Waals surface area contributed by atoms with Gasteiger partial charge in [0.2, 0.25) is 0 Å². The van der Waals surface area contributed by atoms with Crippen molar-refractivity contribution in [1.29, 1.82) is 0 Å². The number of hydrogen-bond donors (Lipinski definition) is 0. The van der Waals surface area contributed by atoms with E-state index in [1.54, 1.807) is 0 Å². The van der Waals surface area contributed by atoms with Crippen molar-refractivity contribution in [2.24, 2.45) is 0 Å². The van der Waals surface area contributed by atoms with Crippen LogP contribution in [-0.2, 0) is 9.47 Å². The average molecular weight is 244 g/mol. The van der Waals surface area contributed by atoms with Crippen LogP contribution in [0, 0.1) is 0 Å². The van der Waals surface area contributed by atoms with Gasteiger partial charge in [-0.25, -0.2) is 0 Å². The highest BCUT2D eigenvalue weighted by atomic mass is 16.6. The Balaban J connectivity index is 2.30. The van der Waals surface area contributed by atoms with Gasteiger partial charge in [-0.1, -0.05) is 0 Å². The fourth-order valence-corrected chi connectivity index (χ4v) is 3.54. The van der Waals surface area contributed by atoms with E-state index in [4.69, 9.17) is 9.47 Å². The molecular formula is C16H20O2. The topological polar surface area (TPSA) is 18.5 Å². The molecule has 18 heavy (non-hydrogen) atoms. The van der Waals surface area contributed by atoms with Gasteiger partial charge < -0.3 is 9.47 Å². The van der Waals surface area contributed by atoms with Gasteiger partial charge in [-0.05, 0) is 64.8 Å². The third-order valence-corrected chi connectivity index (χ3v) is 4.73. The standard InChI is InChI=1S/C16H20O2/c1-9-7-13-11(3)12(4)14-8-10(2)18-16(14,6)15(13,5)17-9/h7-8H,1-6H3/t15-,16-/m1/s1. The quantitative estimate of drug-likeness (QED) is 0.640. The predicted molar refractivity (Wildman–Crippen MR) is 71.9 cm³/mol. The molecule has 0 N–H and O–H groups in total. The SMILES string of the molecule is CC1=CC2=C(C)C(C)=C3C=C(C)O[C@@]3(C)[C@]2(C)O1. The van der Waals surface area contributed by atoms with Crippen molar-refractivity contribution < 1.29 is 9.47 Å². The van der Waals surface area contributed by atoms with Crippen LogP contribution >= 0.6 is 0 Å². The summed E-state index contributed by atoms with van der Waals surface area (Å²) >= 11 is 0. The van der Waals surface area contributed by atoms with Crippen LogP contribution in [0.4, 0.5) is 0 Å². The van der Waals surface area contributed by atoms with Gasteiger partial charge in [-0.15, -0.1) is 0 Å². The van der Waals surface area contributed by atoms with Crippen LogP contribution < -0.4 is 0 Å². The summed E-state index contributed by atoms with van der Waals surface area (Å²) in [5.41, 5.74) is 4.32. The summed E-state index contributed by atoms with van der Waals surface area (Å²) in [7, 11) is 0. The molecule has 2 atom stereocenters. The van der Waals surface area contributed by atoms with Crippen LogP contribution in [0.5, 0.6) is 0 Å². The second-order valence-corrected chi connectivity index (χ2v) is 5.86. The van der Waals surface area contributed by atoms with Crippen LogP contribution in [0.2, 0.25) is 0 Å². The summed E-state index contributed by atoms with van der Waals surface area (Å²) in [5.74, 6) is 1.94. The first-order valence-corrected chi connectivity index (χ1v) is 6.47. The van der Waals surface area contributed by atoms with Crippen LogP contribution in [0.15, 0.2) is 46.0 Å². The lowest BCUT2D eigenvalue weighted by Crippen LogP contribution is -2.54. The number of ether oxygens (including phenoxy) is 2. The normalized spacial score (nSPS) is 37.9. The molecule has 0 fully saturated rings. The van der Waals surface area contributed by atoms with Crippen molar-refractivity contribution in [1.82, 2.24) is 0 Å². The maximum absolute atomic E-state index is 6.15. The highest BCUT2D eigenvalue weighted by Crippen LogP contribution is 2.55. The molecule has 96 valence electrons. The summed E-state index contributed by atoms with van der Waals surface area (Å²) in [6.07, 6.45) is 4.30. The zero-order valence-electron chi connectivity index (χ0n) is 12.0. The molecule has 3 rings (SSSR count). The molecule has 0 bridgehead atoms. The molecule has 1 aliphatic carbocycles. The van der Waals surface area contributed by atoms with Gasteiger partial charge in [0.05, 0.1) is 11.5 Å². The van der Waals surface area contributed by atoms with E-state index in [1.807, 2.05) is 13.8 Å². The number of hydrogen-bond acceptors (Lipinski definition) is 2. The van der Waals surface area contributed by atoms with Crippen molar-refractivity contribution >= 4 is 0 Å². The van der Waals surface area contributed by atoms with Gasteiger partial charge in [-0.2, -0.15) is 0 Å². The summed E-state index contributed by atoms with van der Waals surface area (Å²) in [5, 5.41) is 0. The van der Waals surface area contributed by atoms with E-state index in [-0.39, 0.29) is 0 Å². The van der Waals surface area contributed by atoms with Gasteiger partial charge in [0.1, 0.15) is 0 Å². The molecule has 3 aliphatic rings. The Morgan fingerprint density at radius 3 is 1.39 bits per heavy atom. The lowest BCUT2D eigenvalue weighted by Gasteiger charge is -2.46. The van der Waals surface area contributed by atoms with Gasteiger partial charge in [-0.3, -0.25) is 0 Å². The smallest absolute Gasteiger partial charge is 0.174 e. The molecule has 0 aromatic carbocycles. The number of fused-ring (bicyclic) bond motifs is 3. The lowest BCUT2D eigenvalue weighted by molar-refractivity contribution is -0.0957. The van der Waals surface area contributed by atoms with Crippen molar-refractivity contribution in [3.8, 4) is 0 Å². The zero-order valence-corrected chi connectivity index (χ0v) is 12.0. The minimum atomic E-state index is -0.412. The highest BCUT2D eigenvalue weighted by molar-refractivity contribution is 5.61. The maximum atomic E-state index is 6.15. The first-order chi connectivity index (χ1) is 8.29. The molecule has 0 spiro atoms. The van der Waals surface area contributed by atoms with E-state index >= 15 is 0 Å². The largest absolute Gasteiger partial charge is 0.483 e. The zero-order chi connectivity index (χ0) is 13.3. The van der Waals surface area contributed by atoms with E-state index in [0.29, 0.717) is 0 Å². The second kappa shape index (κ2) is 3.11. The Bertz CT molecular complexity index is 522. The van der Waals surface area contributed by atoms with Crippen LogP contribution in [-0.4, -0.2) is 11.2 Å². The van der Waals surface area contributed by atoms with Gasteiger partial charge in [0.25, 0.3) is 0 Å². The molecule has 0 aromatic rings. The first-order valence-electron chi connectivity index (χ1n) is 6.47. The molecular weight excluding hydrogens is 224 g/mol. The van der Waals surface area contributed by atoms with E-state index in [2.05, 4.69) is 39.8 Å². The first kappa shape index (κ1) is 11.6. The minimum Gasteiger partial charge on any atom is -0.483 e. The fraction of sp³-hybridized carbons (Fsp3) is 0.500. The van der Waals surface area contributed by atoms with Crippen LogP contribution in [0.3, 0.4) is 0 Å². The molecule has 2 heterocycles. The maximum Gasteiger partial charge on any atom is 0.174 e. The lowest BCUT2D eigenvalue weighted by atomic mass is 9.68. The number of allylic oxidation sites excluding steroid dienone is 4. The summed E-state index contributed by atoms with van der Waals surface area (Å²) in [4.78, 5) is 0. The van der Waals surface area contributed by atoms with E-state index in [0.717, 1.165) is 11.5 Å². The van der Waals surface area contributed by atoms with Crippen molar-refractivity contribution in [2.45, 2.75) is 52.7 Å². The van der Waals surface area contributed by atoms with Gasteiger partial charge in [0.15, 0.2) is 11.2 Å². The third kappa shape index (κ3) is 1.09. The number of rotatable bonds is 0. The molecule has 2 aliphatic heterocycles. The molecule has 0 amide bonds. The third-order valence-electron chi connectivity index (χ3n) is 4.73. The minimum absolute atomic E-state index is 0.412. The molecule has 2 heteroatoms. The van der Waals surface area contributed by atoms with Crippen molar-refractivity contribution in [3.63, 3.8) is 0 Å². The second-order valence-electron chi connectivity index (χ2n) is 5.86. The molecule has 0 aromatic heterocycles. The van der Waals surface area contributed by atoms with E-state index in [1.165, 1.54) is 22.3 Å². The van der Waals surface area contributed by atoms with E-state index in [9.17, 15) is 0 Å². The molecule has 2 nitrogen and oxygen atoms in total. The summed E-state index contributed by atoms with van der Waals surface area (Å²) < 4.78 is 12.3. The molecule has 0 saturated heterocycles. The van der Waals surface area contributed by atoms with Crippen molar-refractivity contribution in [3.05, 3.63) is 46.0 Å². The van der Waals surface area contributed by atoms with Crippen LogP contribution in [0.25, 0.3) is 0 Å². The summed E-state index contributed by atoms with van der Waals surface area (Å²) in [6.45, 7) is 12.6. The Morgan fingerprint density at radius 1 is 0.722 bits per heavy atom. The van der Waals surface area contributed by atoms with Crippen LogP contribution in [0.1, 0.15) is 41.5 Å². The van der Waals surface area contributed by atoms with Gasteiger partial charge >= 0.3 is 0 Å². The van der Waals surface area contributed by atoms with Crippen molar-refractivity contribution in [2.75, 3.05) is 0 Å².